The van der Waals surface area contributed by atoms with Crippen LogP contribution in [-0.2, 0) is 19.7 Å². The fraction of sp³-hybridized carbons (Fsp3) is 0.115. The number of hydrogen-bond donors (Lipinski definition) is 1. The van der Waals surface area contributed by atoms with Crippen molar-refractivity contribution in [1.82, 2.24) is 19.1 Å². The molecule has 0 aliphatic carbocycles. The topological polar surface area (TPSA) is 72.9 Å². The third kappa shape index (κ3) is 3.60. The largest absolute Gasteiger partial charge is 0.374 e. The monoisotopic (exact) mass is 490 g/mol. The molecule has 6 nitrogen and oxygen atoms in total. The molecule has 0 aliphatic rings. The van der Waals surface area contributed by atoms with Crippen LogP contribution in [0.4, 0.5) is 0 Å². The Labute approximate surface area is 205 Å². The molecule has 0 bridgehead atoms. The van der Waals surface area contributed by atoms with Gasteiger partial charge in [0.15, 0.2) is 5.60 Å². The first-order valence-electron chi connectivity index (χ1n) is 10.5. The Hall–Kier alpha value is -3.45. The van der Waals surface area contributed by atoms with Crippen LogP contribution in [0.5, 0.6) is 0 Å². The van der Waals surface area contributed by atoms with Crippen LogP contribution in [0.1, 0.15) is 16.8 Å². The van der Waals surface area contributed by atoms with E-state index in [0.717, 1.165) is 5.56 Å². The molecule has 34 heavy (non-hydrogen) atoms. The van der Waals surface area contributed by atoms with Crippen LogP contribution in [0.15, 0.2) is 84.2 Å². The van der Waals surface area contributed by atoms with Gasteiger partial charge in [0, 0.05) is 47.4 Å². The molecular formula is C26H20Cl2N4O2. The number of nitrogens with zero attached hydrogens (tertiary/aromatic N) is 4. The van der Waals surface area contributed by atoms with Gasteiger partial charge < -0.3 is 9.67 Å². The molecule has 2 aromatic carbocycles. The highest BCUT2D eigenvalue weighted by Crippen LogP contribution is 2.39. The molecule has 0 radical (unpaired) electrons. The summed E-state index contributed by atoms with van der Waals surface area (Å²) in [5, 5.41) is 14.1. The van der Waals surface area contributed by atoms with Crippen molar-refractivity contribution >= 4 is 34.2 Å². The molecule has 0 aliphatic heterocycles. The second kappa shape index (κ2) is 8.40. The van der Waals surface area contributed by atoms with Gasteiger partial charge in [-0.15, -0.1) is 0 Å². The number of aliphatic hydroxyl groups is 1. The normalized spacial score (nSPS) is 13.2. The Morgan fingerprint density at radius 1 is 0.912 bits per heavy atom. The number of pyridine rings is 2. The van der Waals surface area contributed by atoms with Crippen LogP contribution in [0.25, 0.3) is 22.2 Å². The van der Waals surface area contributed by atoms with Gasteiger partial charge in [-0.3, -0.25) is 9.36 Å². The summed E-state index contributed by atoms with van der Waals surface area (Å²) >= 11 is 12.4. The fourth-order valence-electron chi connectivity index (χ4n) is 4.28. The number of hydrogen-bond acceptors (Lipinski definition) is 4. The second-order valence-electron chi connectivity index (χ2n) is 8.17. The smallest absolute Gasteiger partial charge is 0.252 e. The summed E-state index contributed by atoms with van der Waals surface area (Å²) in [5.41, 5.74) is 1.88. The first kappa shape index (κ1) is 22.3. The van der Waals surface area contributed by atoms with Crippen LogP contribution in [-0.4, -0.2) is 24.2 Å². The summed E-state index contributed by atoms with van der Waals surface area (Å²) in [6.07, 6.45) is 4.84. The first-order chi connectivity index (χ1) is 16.3. The standard InChI is InChI=1S/C26H20Cl2N4O2/c1-31-15-29-14-23(31)26(34,17-6-8-19(27)9-7-17)18-11-22-21(16-4-3-5-20(28)10-16)12-24(33)32(2)25(22)30-13-18/h3-15,34H,1-2H3. The Morgan fingerprint density at radius 3 is 2.35 bits per heavy atom. The van der Waals surface area contributed by atoms with Crippen molar-refractivity contribution in [3.05, 3.63) is 117 Å². The zero-order valence-corrected chi connectivity index (χ0v) is 19.9. The van der Waals surface area contributed by atoms with E-state index in [0.29, 0.717) is 43.5 Å². The average Bonchev–Trinajstić information content (AvgIpc) is 3.27. The van der Waals surface area contributed by atoms with Crippen LogP contribution < -0.4 is 5.56 Å². The number of aromatic nitrogens is 4. The maximum absolute atomic E-state index is 12.7. The molecule has 170 valence electrons. The van der Waals surface area contributed by atoms with Gasteiger partial charge in [-0.2, -0.15) is 0 Å². The van der Waals surface area contributed by atoms with Crippen molar-refractivity contribution in [2.75, 3.05) is 0 Å². The molecule has 0 fully saturated rings. The van der Waals surface area contributed by atoms with Gasteiger partial charge in [-0.1, -0.05) is 47.5 Å². The lowest BCUT2D eigenvalue weighted by Crippen LogP contribution is -2.31. The zero-order valence-electron chi connectivity index (χ0n) is 18.4. The van der Waals surface area contributed by atoms with E-state index in [1.807, 2.05) is 25.2 Å². The molecule has 3 aromatic heterocycles. The molecule has 0 amide bonds. The number of rotatable bonds is 4. The Morgan fingerprint density at radius 2 is 1.68 bits per heavy atom. The summed E-state index contributed by atoms with van der Waals surface area (Å²) < 4.78 is 3.25. The van der Waals surface area contributed by atoms with Gasteiger partial charge in [0.1, 0.15) is 5.65 Å². The van der Waals surface area contributed by atoms with E-state index >= 15 is 0 Å². The van der Waals surface area contributed by atoms with E-state index in [4.69, 9.17) is 23.2 Å². The number of aryl methyl sites for hydroxylation is 2. The van der Waals surface area contributed by atoms with Crippen molar-refractivity contribution in [3.63, 3.8) is 0 Å². The lowest BCUT2D eigenvalue weighted by atomic mass is 9.83. The molecule has 0 saturated heterocycles. The van der Waals surface area contributed by atoms with Gasteiger partial charge in [0.25, 0.3) is 5.56 Å². The van der Waals surface area contributed by atoms with E-state index in [2.05, 4.69) is 9.97 Å². The highest BCUT2D eigenvalue weighted by atomic mass is 35.5. The summed E-state index contributed by atoms with van der Waals surface area (Å²) in [4.78, 5) is 21.5. The molecule has 5 aromatic rings. The average molecular weight is 491 g/mol. The lowest BCUT2D eigenvalue weighted by Gasteiger charge is -2.30. The highest BCUT2D eigenvalue weighted by Gasteiger charge is 2.37. The van der Waals surface area contributed by atoms with Crippen molar-refractivity contribution in [3.8, 4) is 11.1 Å². The van der Waals surface area contributed by atoms with Crippen molar-refractivity contribution in [1.29, 1.82) is 0 Å². The molecule has 0 saturated carbocycles. The van der Waals surface area contributed by atoms with Crippen molar-refractivity contribution in [2.45, 2.75) is 5.60 Å². The summed E-state index contributed by atoms with van der Waals surface area (Å²) in [6, 6.07) is 17.7. The van der Waals surface area contributed by atoms with E-state index in [9.17, 15) is 9.90 Å². The van der Waals surface area contributed by atoms with E-state index in [1.165, 1.54) is 4.57 Å². The minimum absolute atomic E-state index is 0.192. The van der Waals surface area contributed by atoms with Crippen LogP contribution in [0.3, 0.4) is 0 Å². The van der Waals surface area contributed by atoms with Crippen LogP contribution in [0.2, 0.25) is 10.0 Å². The Bertz CT molecular complexity index is 1590. The van der Waals surface area contributed by atoms with Crippen LogP contribution in [0, 0.1) is 0 Å². The maximum atomic E-state index is 12.7. The van der Waals surface area contributed by atoms with Crippen molar-refractivity contribution in [2.24, 2.45) is 14.1 Å². The predicted octanol–water partition coefficient (Wildman–Crippen LogP) is 4.93. The van der Waals surface area contributed by atoms with Gasteiger partial charge in [0.05, 0.1) is 18.2 Å². The third-order valence-corrected chi connectivity index (χ3v) is 6.56. The number of benzene rings is 2. The van der Waals surface area contributed by atoms with Crippen LogP contribution >= 0.6 is 23.2 Å². The molecule has 1 atom stereocenters. The van der Waals surface area contributed by atoms with Gasteiger partial charge in [-0.05, 0) is 47.0 Å². The van der Waals surface area contributed by atoms with E-state index in [-0.39, 0.29) is 5.56 Å². The number of halogens is 2. The van der Waals surface area contributed by atoms with Crippen molar-refractivity contribution < 1.29 is 5.11 Å². The minimum Gasteiger partial charge on any atom is -0.374 e. The predicted molar refractivity (Wildman–Crippen MR) is 134 cm³/mol. The molecular weight excluding hydrogens is 471 g/mol. The lowest BCUT2D eigenvalue weighted by molar-refractivity contribution is 0.117. The maximum Gasteiger partial charge on any atom is 0.252 e. The summed E-state index contributed by atoms with van der Waals surface area (Å²) in [6.45, 7) is 0. The molecule has 1 unspecified atom stereocenters. The second-order valence-corrected chi connectivity index (χ2v) is 9.04. The third-order valence-electron chi connectivity index (χ3n) is 6.08. The number of fused-ring (bicyclic) bond motifs is 1. The highest BCUT2D eigenvalue weighted by molar-refractivity contribution is 6.31. The molecule has 8 heteroatoms. The van der Waals surface area contributed by atoms with E-state index < -0.39 is 5.60 Å². The fourth-order valence-corrected chi connectivity index (χ4v) is 4.59. The minimum atomic E-state index is -1.57. The zero-order chi connectivity index (χ0) is 24.0. The molecule has 3 heterocycles. The van der Waals surface area contributed by atoms with Gasteiger partial charge in [0.2, 0.25) is 0 Å². The first-order valence-corrected chi connectivity index (χ1v) is 11.3. The summed E-state index contributed by atoms with van der Waals surface area (Å²) in [5.74, 6) is 0. The Balaban J connectivity index is 1.84. The SMILES string of the molecule is Cn1cncc1C(O)(c1ccc(Cl)cc1)c1cnc2c(c1)c(-c1cccc(Cl)c1)cc(=O)n2C. The Kier molecular flexibility index (Phi) is 5.52. The molecule has 5 rings (SSSR count). The van der Waals surface area contributed by atoms with Gasteiger partial charge in [-0.25, -0.2) is 9.97 Å². The molecule has 1 N–H and O–H groups in total. The number of imidazole rings is 1. The van der Waals surface area contributed by atoms with Gasteiger partial charge >= 0.3 is 0 Å². The van der Waals surface area contributed by atoms with E-state index in [1.54, 1.807) is 72.8 Å². The quantitative estimate of drug-likeness (QED) is 0.387. The molecule has 0 spiro atoms. The summed E-state index contributed by atoms with van der Waals surface area (Å²) in [7, 11) is 3.49.